The fraction of sp³-hybridized carbons (Fsp3) is 0.381. The van der Waals surface area contributed by atoms with Crippen molar-refractivity contribution in [1.82, 2.24) is 5.32 Å². The van der Waals surface area contributed by atoms with Gasteiger partial charge in [-0.3, -0.25) is 0 Å². The highest BCUT2D eigenvalue weighted by Crippen LogP contribution is 2.29. The number of nitrogens with one attached hydrogen (secondary N) is 1. The van der Waals surface area contributed by atoms with E-state index < -0.39 is 6.09 Å². The van der Waals surface area contributed by atoms with Gasteiger partial charge >= 0.3 is 6.09 Å². The van der Waals surface area contributed by atoms with Gasteiger partial charge in [-0.05, 0) is 60.4 Å². The second-order valence-corrected chi connectivity index (χ2v) is 7.15. The van der Waals surface area contributed by atoms with Gasteiger partial charge < -0.3 is 15.3 Å². The van der Waals surface area contributed by atoms with Gasteiger partial charge in [0.15, 0.2) is 0 Å². The number of nitrogens with zero attached hydrogens (tertiary/aromatic N) is 1. The van der Waals surface area contributed by atoms with Crippen LogP contribution in [-0.2, 0) is 25.8 Å². The molecule has 0 radical (unpaired) electrons. The van der Waals surface area contributed by atoms with Gasteiger partial charge in [-0.1, -0.05) is 36.4 Å². The largest absolute Gasteiger partial charge is 0.465 e. The van der Waals surface area contributed by atoms with E-state index in [4.69, 9.17) is 5.11 Å². The second-order valence-electron chi connectivity index (χ2n) is 7.15. The summed E-state index contributed by atoms with van der Waals surface area (Å²) < 4.78 is 0. The maximum absolute atomic E-state index is 10.8. The molecule has 0 saturated carbocycles. The first-order valence-electron chi connectivity index (χ1n) is 9.12. The zero-order valence-corrected chi connectivity index (χ0v) is 14.4. The minimum absolute atomic E-state index is 0.0461. The zero-order chi connectivity index (χ0) is 17.2. The van der Waals surface area contributed by atoms with Gasteiger partial charge in [-0.15, -0.1) is 0 Å². The highest BCUT2D eigenvalue weighted by Gasteiger charge is 2.21. The van der Waals surface area contributed by atoms with Crippen molar-refractivity contribution < 1.29 is 9.90 Å². The lowest BCUT2D eigenvalue weighted by Gasteiger charge is -2.32. The molecule has 1 atom stereocenters. The number of para-hydroxylation sites is 1. The van der Waals surface area contributed by atoms with Crippen LogP contribution in [0.4, 0.5) is 10.5 Å². The molecule has 25 heavy (non-hydrogen) atoms. The van der Waals surface area contributed by atoms with E-state index in [-0.39, 0.29) is 6.04 Å². The maximum Gasteiger partial charge on any atom is 0.404 e. The van der Waals surface area contributed by atoms with Crippen LogP contribution < -0.4 is 10.2 Å². The lowest BCUT2D eigenvalue weighted by atomic mass is 9.87. The number of anilines is 1. The number of benzene rings is 2. The molecule has 0 bridgehead atoms. The average Bonchev–Trinajstić information content (AvgIpc) is 2.62. The Morgan fingerprint density at radius 2 is 2.00 bits per heavy atom. The molecule has 1 unspecified atom stereocenters. The molecule has 1 heterocycles. The van der Waals surface area contributed by atoms with Gasteiger partial charge in [0.25, 0.3) is 0 Å². The molecule has 2 N–H and O–H groups in total. The second kappa shape index (κ2) is 6.79. The van der Waals surface area contributed by atoms with Crippen molar-refractivity contribution in [2.45, 2.75) is 44.7 Å². The van der Waals surface area contributed by atoms with E-state index in [2.05, 4.69) is 52.7 Å². The van der Waals surface area contributed by atoms with Crippen LogP contribution in [0.2, 0.25) is 0 Å². The number of hydrogen-bond donors (Lipinski definition) is 2. The summed E-state index contributed by atoms with van der Waals surface area (Å²) in [7, 11) is 0. The van der Waals surface area contributed by atoms with Crippen molar-refractivity contribution in [3.8, 4) is 0 Å². The quantitative estimate of drug-likeness (QED) is 0.897. The van der Waals surface area contributed by atoms with Crippen molar-refractivity contribution in [2.24, 2.45) is 0 Å². The predicted molar refractivity (Wildman–Crippen MR) is 99.2 cm³/mol. The first-order valence-corrected chi connectivity index (χ1v) is 9.12. The molecule has 2 aliphatic rings. The molecule has 2 aromatic carbocycles. The summed E-state index contributed by atoms with van der Waals surface area (Å²) in [5.74, 6) is 0. The van der Waals surface area contributed by atoms with Crippen LogP contribution in [0.15, 0.2) is 42.5 Å². The molecule has 0 fully saturated rings. The summed E-state index contributed by atoms with van der Waals surface area (Å²) in [6.45, 7) is 2.06. The standard InChI is InChI=1S/C21H24N2O2/c24-21(25)22-19-10-9-17-12-15(7-8-18(17)13-19)14-23-11-3-5-16-4-1-2-6-20(16)23/h1-2,4,6-8,12,19,22H,3,5,9-11,13-14H2,(H,24,25). The molecule has 0 saturated heterocycles. The molecule has 4 rings (SSSR count). The summed E-state index contributed by atoms with van der Waals surface area (Å²) in [4.78, 5) is 13.3. The fourth-order valence-electron chi connectivity index (χ4n) is 4.20. The first kappa shape index (κ1) is 16.0. The van der Waals surface area contributed by atoms with Crippen LogP contribution >= 0.6 is 0 Å². The van der Waals surface area contributed by atoms with Crippen LogP contribution in [0.3, 0.4) is 0 Å². The highest BCUT2D eigenvalue weighted by molar-refractivity contribution is 5.65. The molecule has 1 amide bonds. The minimum atomic E-state index is -0.922. The fourth-order valence-corrected chi connectivity index (χ4v) is 4.20. The minimum Gasteiger partial charge on any atom is -0.465 e. The molecular weight excluding hydrogens is 312 g/mol. The zero-order valence-electron chi connectivity index (χ0n) is 14.4. The number of carboxylic acid groups (broad SMARTS) is 1. The third kappa shape index (κ3) is 3.48. The average molecular weight is 336 g/mol. The SMILES string of the molecule is O=C(O)NC1CCc2cc(CN3CCCc4ccccc43)ccc2C1. The number of aryl methyl sites for hydroxylation is 2. The van der Waals surface area contributed by atoms with Gasteiger partial charge in [0.05, 0.1) is 0 Å². The van der Waals surface area contributed by atoms with Crippen LogP contribution in [0.5, 0.6) is 0 Å². The topological polar surface area (TPSA) is 52.6 Å². The Balaban J connectivity index is 1.50. The lowest BCUT2D eigenvalue weighted by Crippen LogP contribution is -2.38. The van der Waals surface area contributed by atoms with Crippen molar-refractivity contribution in [2.75, 3.05) is 11.4 Å². The van der Waals surface area contributed by atoms with E-state index in [1.54, 1.807) is 0 Å². The van der Waals surface area contributed by atoms with E-state index >= 15 is 0 Å². The first-order chi connectivity index (χ1) is 12.2. The third-order valence-corrected chi connectivity index (χ3v) is 5.41. The molecule has 130 valence electrons. The Morgan fingerprint density at radius 1 is 1.12 bits per heavy atom. The molecule has 0 spiro atoms. The monoisotopic (exact) mass is 336 g/mol. The van der Waals surface area contributed by atoms with Crippen molar-refractivity contribution in [3.05, 3.63) is 64.7 Å². The van der Waals surface area contributed by atoms with E-state index in [0.717, 1.165) is 32.4 Å². The van der Waals surface area contributed by atoms with E-state index in [9.17, 15) is 4.79 Å². The Kier molecular flexibility index (Phi) is 4.35. The van der Waals surface area contributed by atoms with Crippen LogP contribution in [0.25, 0.3) is 0 Å². The van der Waals surface area contributed by atoms with Crippen LogP contribution in [0, 0.1) is 0 Å². The number of rotatable bonds is 3. The predicted octanol–water partition coefficient (Wildman–Crippen LogP) is 3.76. The Morgan fingerprint density at radius 3 is 2.88 bits per heavy atom. The number of fused-ring (bicyclic) bond motifs is 2. The molecule has 1 aliphatic carbocycles. The van der Waals surface area contributed by atoms with Crippen molar-refractivity contribution in [1.29, 1.82) is 0 Å². The van der Waals surface area contributed by atoms with E-state index in [1.807, 2.05) is 0 Å². The molecular formula is C21H24N2O2. The Hall–Kier alpha value is -2.49. The lowest BCUT2D eigenvalue weighted by molar-refractivity contribution is 0.188. The summed E-state index contributed by atoms with van der Waals surface area (Å²) >= 11 is 0. The maximum atomic E-state index is 10.8. The molecule has 2 aromatic rings. The normalized spacial score (nSPS) is 19.0. The summed E-state index contributed by atoms with van der Waals surface area (Å²) in [6.07, 6.45) is 4.10. The van der Waals surface area contributed by atoms with E-state index in [1.165, 1.54) is 40.8 Å². The smallest absolute Gasteiger partial charge is 0.404 e. The Labute approximate surface area is 148 Å². The molecule has 4 heteroatoms. The van der Waals surface area contributed by atoms with Crippen LogP contribution in [-0.4, -0.2) is 23.8 Å². The summed E-state index contributed by atoms with van der Waals surface area (Å²) in [5, 5.41) is 11.5. The number of carbonyl (C=O) groups is 1. The highest BCUT2D eigenvalue weighted by atomic mass is 16.4. The molecule has 0 aromatic heterocycles. The van der Waals surface area contributed by atoms with Gasteiger partial charge in [0, 0.05) is 24.8 Å². The van der Waals surface area contributed by atoms with Crippen molar-refractivity contribution in [3.63, 3.8) is 0 Å². The van der Waals surface area contributed by atoms with E-state index in [0.29, 0.717) is 0 Å². The van der Waals surface area contributed by atoms with Gasteiger partial charge in [-0.25, -0.2) is 4.79 Å². The van der Waals surface area contributed by atoms with Crippen LogP contribution in [0.1, 0.15) is 35.1 Å². The number of hydrogen-bond acceptors (Lipinski definition) is 2. The third-order valence-electron chi connectivity index (χ3n) is 5.41. The van der Waals surface area contributed by atoms with Gasteiger partial charge in [0.2, 0.25) is 0 Å². The van der Waals surface area contributed by atoms with Gasteiger partial charge in [0.1, 0.15) is 0 Å². The Bertz CT molecular complexity index is 787. The number of amides is 1. The van der Waals surface area contributed by atoms with Gasteiger partial charge in [-0.2, -0.15) is 0 Å². The molecule has 1 aliphatic heterocycles. The summed E-state index contributed by atoms with van der Waals surface area (Å²) in [6, 6.07) is 15.5. The van der Waals surface area contributed by atoms with Crippen molar-refractivity contribution >= 4 is 11.8 Å². The molecule has 4 nitrogen and oxygen atoms in total. The summed E-state index contributed by atoms with van der Waals surface area (Å²) in [5.41, 5.74) is 6.84.